The summed E-state index contributed by atoms with van der Waals surface area (Å²) in [6, 6.07) is 10.2. The fraction of sp³-hybridized carbons (Fsp3) is 0.0667. The van der Waals surface area contributed by atoms with Crippen LogP contribution in [0.15, 0.2) is 60.0 Å². The third-order valence-electron chi connectivity index (χ3n) is 3.17. The van der Waals surface area contributed by atoms with Gasteiger partial charge in [-0.25, -0.2) is 0 Å². The smallest absolute Gasteiger partial charge is 0.257 e. The molecular formula is C15H13N5O2. The molecule has 0 unspecified atom stereocenters. The molecule has 22 heavy (non-hydrogen) atoms. The van der Waals surface area contributed by atoms with Crippen LogP contribution in [0.2, 0.25) is 0 Å². The lowest BCUT2D eigenvalue weighted by atomic mass is 10.2. The van der Waals surface area contributed by atoms with E-state index in [1.54, 1.807) is 30.3 Å². The molecule has 0 aliphatic carbocycles. The predicted molar refractivity (Wildman–Crippen MR) is 81.0 cm³/mol. The zero-order valence-electron chi connectivity index (χ0n) is 11.8. The Bertz CT molecular complexity index is 868. The molecule has 0 aliphatic heterocycles. The predicted octanol–water partition coefficient (Wildman–Crippen LogP) is 1.22. The van der Waals surface area contributed by atoms with E-state index in [-0.39, 0.29) is 11.5 Å². The number of hydrogen-bond acceptors (Lipinski definition) is 4. The van der Waals surface area contributed by atoms with Crippen molar-refractivity contribution in [3.63, 3.8) is 0 Å². The minimum absolute atomic E-state index is 0.161. The normalized spacial score (nSPS) is 10.4. The highest BCUT2D eigenvalue weighted by atomic mass is 16.2. The number of amides is 1. The molecule has 0 saturated carbocycles. The second kappa shape index (κ2) is 5.65. The van der Waals surface area contributed by atoms with Gasteiger partial charge in [-0.15, -0.1) is 10.2 Å². The van der Waals surface area contributed by atoms with Crippen LogP contribution < -0.4 is 10.9 Å². The topological polar surface area (TPSA) is 81.8 Å². The molecule has 0 spiro atoms. The van der Waals surface area contributed by atoms with E-state index < -0.39 is 0 Å². The van der Waals surface area contributed by atoms with Crippen molar-refractivity contribution >= 4 is 11.6 Å². The van der Waals surface area contributed by atoms with Crippen LogP contribution in [0.5, 0.6) is 0 Å². The Balaban J connectivity index is 1.83. The average Bonchev–Trinajstić information content (AvgIpc) is 3.04. The number of carbonyl (C=O) groups is 1. The molecule has 1 amide bonds. The maximum atomic E-state index is 12.2. The number of rotatable bonds is 3. The van der Waals surface area contributed by atoms with E-state index in [1.807, 2.05) is 18.2 Å². The zero-order chi connectivity index (χ0) is 15.5. The van der Waals surface area contributed by atoms with E-state index >= 15 is 0 Å². The summed E-state index contributed by atoms with van der Waals surface area (Å²) in [6.45, 7) is 0. The summed E-state index contributed by atoms with van der Waals surface area (Å²) < 4.78 is 3.10. The highest BCUT2D eigenvalue weighted by Crippen LogP contribution is 2.15. The second-order valence-corrected chi connectivity index (χ2v) is 4.74. The second-order valence-electron chi connectivity index (χ2n) is 4.74. The number of nitrogens with one attached hydrogen (secondary N) is 1. The summed E-state index contributed by atoms with van der Waals surface area (Å²) in [5.41, 5.74) is 1.73. The van der Waals surface area contributed by atoms with Crippen molar-refractivity contribution in [1.82, 2.24) is 19.3 Å². The van der Waals surface area contributed by atoms with Crippen LogP contribution in [0.25, 0.3) is 5.69 Å². The number of nitrogens with zero attached hydrogens (tertiary/aromatic N) is 4. The first-order valence-electron chi connectivity index (χ1n) is 6.56. The first-order valence-corrected chi connectivity index (χ1v) is 6.56. The minimum Gasteiger partial charge on any atom is -0.322 e. The highest BCUT2D eigenvalue weighted by Gasteiger charge is 2.08. The van der Waals surface area contributed by atoms with Crippen LogP contribution in [0.4, 0.5) is 5.69 Å². The lowest BCUT2D eigenvalue weighted by Gasteiger charge is -2.08. The summed E-state index contributed by atoms with van der Waals surface area (Å²) in [4.78, 5) is 23.6. The van der Waals surface area contributed by atoms with Gasteiger partial charge in [0.25, 0.3) is 5.91 Å². The Kier molecular flexibility index (Phi) is 3.53. The number of hydrogen-bond donors (Lipinski definition) is 1. The van der Waals surface area contributed by atoms with Crippen molar-refractivity contribution in [2.45, 2.75) is 0 Å². The summed E-state index contributed by atoms with van der Waals surface area (Å²) in [5, 5.41) is 10.3. The molecule has 110 valence electrons. The molecular weight excluding hydrogens is 282 g/mol. The molecule has 2 heterocycles. The number of benzene rings is 1. The van der Waals surface area contributed by atoms with Crippen LogP contribution in [0.3, 0.4) is 0 Å². The van der Waals surface area contributed by atoms with Crippen molar-refractivity contribution in [3.05, 3.63) is 71.2 Å². The molecule has 0 bridgehead atoms. The van der Waals surface area contributed by atoms with Gasteiger partial charge in [-0.2, -0.15) is 0 Å². The molecule has 7 heteroatoms. The van der Waals surface area contributed by atoms with Crippen molar-refractivity contribution in [3.8, 4) is 5.69 Å². The molecule has 0 saturated heterocycles. The lowest BCUT2D eigenvalue weighted by molar-refractivity contribution is 0.102. The maximum Gasteiger partial charge on any atom is 0.257 e. The molecule has 7 nitrogen and oxygen atoms in total. The van der Waals surface area contributed by atoms with Crippen LogP contribution in [0, 0.1) is 0 Å². The van der Waals surface area contributed by atoms with Crippen molar-refractivity contribution in [2.75, 3.05) is 5.32 Å². The molecule has 2 aromatic heterocycles. The van der Waals surface area contributed by atoms with Gasteiger partial charge in [0.2, 0.25) is 5.56 Å². The molecule has 1 aromatic carbocycles. The van der Waals surface area contributed by atoms with E-state index in [9.17, 15) is 9.59 Å². The van der Waals surface area contributed by atoms with Crippen molar-refractivity contribution in [2.24, 2.45) is 7.05 Å². The summed E-state index contributed by atoms with van der Waals surface area (Å²) in [6.07, 6.45) is 4.66. The number of aryl methyl sites for hydroxylation is 1. The Labute approximate surface area is 125 Å². The van der Waals surface area contributed by atoms with E-state index in [0.29, 0.717) is 11.3 Å². The molecule has 0 radical (unpaired) electrons. The minimum atomic E-state index is -0.281. The lowest BCUT2D eigenvalue weighted by Crippen LogP contribution is -2.19. The fourth-order valence-electron chi connectivity index (χ4n) is 2.01. The van der Waals surface area contributed by atoms with Gasteiger partial charge in [0, 0.05) is 25.0 Å². The fourth-order valence-corrected chi connectivity index (χ4v) is 2.01. The van der Waals surface area contributed by atoms with Gasteiger partial charge in [0.1, 0.15) is 12.7 Å². The largest absolute Gasteiger partial charge is 0.322 e. The standard InChI is InChI=1S/C15H13N5O2/c1-19-8-11(5-6-14(19)21)15(22)18-12-3-2-4-13(7-12)20-9-16-17-10-20/h2-10H,1H3,(H,18,22). The number of aromatic nitrogens is 4. The first-order chi connectivity index (χ1) is 10.6. The number of anilines is 1. The van der Waals surface area contributed by atoms with Crippen LogP contribution in [0.1, 0.15) is 10.4 Å². The summed E-state index contributed by atoms with van der Waals surface area (Å²) >= 11 is 0. The van der Waals surface area contributed by atoms with Gasteiger partial charge < -0.3 is 9.88 Å². The average molecular weight is 295 g/mol. The van der Waals surface area contributed by atoms with Gasteiger partial charge in [0.05, 0.1) is 11.3 Å². The van der Waals surface area contributed by atoms with Crippen LogP contribution in [-0.2, 0) is 7.05 Å². The monoisotopic (exact) mass is 295 g/mol. The zero-order valence-corrected chi connectivity index (χ0v) is 11.8. The van der Waals surface area contributed by atoms with Crippen LogP contribution >= 0.6 is 0 Å². The van der Waals surface area contributed by atoms with E-state index in [0.717, 1.165) is 5.69 Å². The Morgan fingerprint density at radius 2 is 1.91 bits per heavy atom. The Hall–Kier alpha value is -3.22. The number of pyridine rings is 1. The molecule has 1 N–H and O–H groups in total. The third-order valence-corrected chi connectivity index (χ3v) is 3.17. The molecule has 0 atom stereocenters. The molecule has 3 aromatic rings. The van der Waals surface area contributed by atoms with Crippen molar-refractivity contribution < 1.29 is 4.79 Å². The Morgan fingerprint density at radius 3 is 2.64 bits per heavy atom. The molecule has 3 rings (SSSR count). The van der Waals surface area contributed by atoms with Crippen LogP contribution in [-0.4, -0.2) is 25.2 Å². The number of carbonyl (C=O) groups excluding carboxylic acids is 1. The van der Waals surface area contributed by atoms with Gasteiger partial charge in [0.15, 0.2) is 0 Å². The molecule has 0 fully saturated rings. The van der Waals surface area contributed by atoms with E-state index in [2.05, 4.69) is 15.5 Å². The van der Waals surface area contributed by atoms with Gasteiger partial charge in [-0.05, 0) is 24.3 Å². The van der Waals surface area contributed by atoms with Gasteiger partial charge in [-0.3, -0.25) is 14.2 Å². The SMILES string of the molecule is Cn1cc(C(=O)Nc2cccc(-n3cnnc3)c2)ccc1=O. The Morgan fingerprint density at radius 1 is 1.14 bits per heavy atom. The maximum absolute atomic E-state index is 12.2. The van der Waals surface area contributed by atoms with Gasteiger partial charge in [-0.1, -0.05) is 6.07 Å². The summed E-state index contributed by atoms with van der Waals surface area (Å²) in [7, 11) is 1.60. The highest BCUT2D eigenvalue weighted by molar-refractivity contribution is 6.04. The van der Waals surface area contributed by atoms with Crippen molar-refractivity contribution in [1.29, 1.82) is 0 Å². The van der Waals surface area contributed by atoms with E-state index in [4.69, 9.17) is 0 Å². The van der Waals surface area contributed by atoms with Gasteiger partial charge >= 0.3 is 0 Å². The third kappa shape index (κ3) is 2.78. The first kappa shape index (κ1) is 13.7. The quantitative estimate of drug-likeness (QED) is 0.787. The molecule has 0 aliphatic rings. The summed E-state index contributed by atoms with van der Waals surface area (Å²) in [5.74, 6) is -0.281. The van der Waals surface area contributed by atoms with E-state index in [1.165, 1.54) is 22.9 Å².